The summed E-state index contributed by atoms with van der Waals surface area (Å²) in [7, 11) is 1.38. The van der Waals surface area contributed by atoms with Gasteiger partial charge in [-0.1, -0.05) is 47.2 Å². The van der Waals surface area contributed by atoms with Crippen molar-refractivity contribution in [2.24, 2.45) is 0 Å². The van der Waals surface area contributed by atoms with Gasteiger partial charge in [-0.05, 0) is 30.2 Å². The zero-order valence-corrected chi connectivity index (χ0v) is 16.6. The van der Waals surface area contributed by atoms with Crippen LogP contribution in [0.15, 0.2) is 54.7 Å². The van der Waals surface area contributed by atoms with Crippen molar-refractivity contribution in [1.82, 2.24) is 19.9 Å². The molecule has 2 aromatic carbocycles. The molecule has 0 unspecified atom stereocenters. The first kappa shape index (κ1) is 19.3. The second kappa shape index (κ2) is 8.55. The number of carbonyl (C=O) groups excluding carboxylic acids is 1. The van der Waals surface area contributed by atoms with Gasteiger partial charge in [0.25, 0.3) is 0 Å². The number of hydrogen-bond acceptors (Lipinski definition) is 6. The lowest BCUT2D eigenvalue weighted by Gasteiger charge is -2.21. The van der Waals surface area contributed by atoms with Crippen molar-refractivity contribution < 1.29 is 14.3 Å². The smallest absolute Gasteiger partial charge is 0.337 e. The number of methoxy groups -OCH3 is 1. The lowest BCUT2D eigenvalue weighted by atomic mass is 10.1. The Bertz CT molecular complexity index is 966. The van der Waals surface area contributed by atoms with Crippen LogP contribution < -0.4 is 0 Å². The SMILES string of the molecule is COC(=O)c1ccc(Cn2cc([C@H]3OCCN3Cc3ccc(C)cc3)nn2)cc1. The van der Waals surface area contributed by atoms with E-state index in [1.807, 2.05) is 18.3 Å². The fourth-order valence-electron chi connectivity index (χ4n) is 3.42. The van der Waals surface area contributed by atoms with E-state index < -0.39 is 0 Å². The van der Waals surface area contributed by atoms with Crippen LogP contribution >= 0.6 is 0 Å². The van der Waals surface area contributed by atoms with E-state index >= 15 is 0 Å². The normalized spacial score (nSPS) is 16.8. The monoisotopic (exact) mass is 392 g/mol. The number of nitrogens with zero attached hydrogens (tertiary/aromatic N) is 4. The van der Waals surface area contributed by atoms with E-state index in [9.17, 15) is 4.79 Å². The molecule has 0 saturated carbocycles. The predicted octanol–water partition coefficient (Wildman–Crippen LogP) is 2.95. The maximum atomic E-state index is 11.5. The van der Waals surface area contributed by atoms with Crippen LogP contribution in [-0.2, 0) is 22.6 Å². The number of rotatable bonds is 6. The molecular formula is C22H24N4O3. The highest BCUT2D eigenvalue weighted by atomic mass is 16.5. The number of ether oxygens (including phenoxy) is 2. The lowest BCUT2D eigenvalue weighted by Crippen LogP contribution is -2.23. The molecule has 0 bridgehead atoms. The molecule has 2 heterocycles. The largest absolute Gasteiger partial charge is 0.465 e. The molecule has 7 nitrogen and oxygen atoms in total. The van der Waals surface area contributed by atoms with Crippen molar-refractivity contribution in [3.63, 3.8) is 0 Å². The van der Waals surface area contributed by atoms with Crippen LogP contribution in [0.25, 0.3) is 0 Å². The van der Waals surface area contributed by atoms with Gasteiger partial charge >= 0.3 is 5.97 Å². The van der Waals surface area contributed by atoms with Gasteiger partial charge in [0.05, 0.1) is 32.0 Å². The summed E-state index contributed by atoms with van der Waals surface area (Å²) in [5.74, 6) is -0.341. The van der Waals surface area contributed by atoms with Gasteiger partial charge in [-0.25, -0.2) is 9.48 Å². The number of aryl methyl sites for hydroxylation is 1. The van der Waals surface area contributed by atoms with Crippen LogP contribution in [0, 0.1) is 6.92 Å². The summed E-state index contributed by atoms with van der Waals surface area (Å²) in [6.07, 6.45) is 1.73. The minimum absolute atomic E-state index is 0.188. The van der Waals surface area contributed by atoms with Gasteiger partial charge in [-0.3, -0.25) is 4.90 Å². The zero-order chi connectivity index (χ0) is 20.2. The van der Waals surface area contributed by atoms with E-state index in [-0.39, 0.29) is 12.2 Å². The first-order valence-electron chi connectivity index (χ1n) is 9.61. The highest BCUT2D eigenvalue weighted by Gasteiger charge is 2.29. The fourth-order valence-corrected chi connectivity index (χ4v) is 3.42. The summed E-state index contributed by atoms with van der Waals surface area (Å²) in [5, 5.41) is 8.58. The van der Waals surface area contributed by atoms with Crippen molar-refractivity contribution in [3.8, 4) is 0 Å². The summed E-state index contributed by atoms with van der Waals surface area (Å²) < 4.78 is 12.4. The first-order valence-corrected chi connectivity index (χ1v) is 9.61. The van der Waals surface area contributed by atoms with Gasteiger partial charge in [0.2, 0.25) is 0 Å². The minimum atomic E-state index is -0.341. The standard InChI is InChI=1S/C22H24N4O3/c1-16-3-5-17(6-4-16)13-25-11-12-29-21(25)20-15-26(24-23-20)14-18-7-9-19(10-8-18)22(27)28-2/h3-10,15,21H,11-14H2,1-2H3/t21-/m1/s1. The first-order chi connectivity index (χ1) is 14.1. The zero-order valence-electron chi connectivity index (χ0n) is 16.6. The van der Waals surface area contributed by atoms with Crippen LogP contribution in [0.3, 0.4) is 0 Å². The van der Waals surface area contributed by atoms with Crippen molar-refractivity contribution in [2.45, 2.75) is 26.2 Å². The Kier molecular flexibility index (Phi) is 5.69. The molecule has 7 heteroatoms. The van der Waals surface area contributed by atoms with Crippen LogP contribution in [0.1, 0.15) is 39.0 Å². The molecule has 1 fully saturated rings. The fraction of sp³-hybridized carbons (Fsp3) is 0.318. The Hall–Kier alpha value is -3.03. The molecule has 1 aliphatic heterocycles. The number of esters is 1. The summed E-state index contributed by atoms with van der Waals surface area (Å²) in [6.45, 7) is 5.01. The second-order valence-electron chi connectivity index (χ2n) is 7.21. The van der Waals surface area contributed by atoms with Crippen LogP contribution in [0.5, 0.6) is 0 Å². The quantitative estimate of drug-likeness (QED) is 0.601. The molecule has 1 aliphatic rings. The molecule has 1 aromatic heterocycles. The number of hydrogen-bond donors (Lipinski definition) is 0. The Morgan fingerprint density at radius 2 is 1.79 bits per heavy atom. The summed E-state index contributed by atoms with van der Waals surface area (Å²) >= 11 is 0. The summed E-state index contributed by atoms with van der Waals surface area (Å²) in [4.78, 5) is 13.8. The van der Waals surface area contributed by atoms with E-state index in [0.717, 1.165) is 24.3 Å². The summed E-state index contributed by atoms with van der Waals surface area (Å²) in [5.41, 5.74) is 4.87. The van der Waals surface area contributed by atoms with Gasteiger partial charge in [0.15, 0.2) is 6.23 Å². The van der Waals surface area contributed by atoms with Crippen LogP contribution in [-0.4, -0.2) is 46.1 Å². The Balaban J connectivity index is 1.42. The molecule has 0 radical (unpaired) electrons. The molecule has 0 aliphatic carbocycles. The third kappa shape index (κ3) is 4.52. The van der Waals surface area contributed by atoms with Crippen molar-refractivity contribution in [1.29, 1.82) is 0 Å². The van der Waals surface area contributed by atoms with Crippen LogP contribution in [0.4, 0.5) is 0 Å². The van der Waals surface area contributed by atoms with Crippen LogP contribution in [0.2, 0.25) is 0 Å². The molecular weight excluding hydrogens is 368 g/mol. The van der Waals surface area contributed by atoms with Crippen molar-refractivity contribution >= 4 is 5.97 Å². The van der Waals surface area contributed by atoms with Gasteiger partial charge in [-0.2, -0.15) is 0 Å². The van der Waals surface area contributed by atoms with Crippen molar-refractivity contribution in [3.05, 3.63) is 82.7 Å². The Morgan fingerprint density at radius 1 is 1.10 bits per heavy atom. The molecule has 0 spiro atoms. The third-order valence-corrected chi connectivity index (χ3v) is 5.02. The molecule has 3 aromatic rings. The maximum absolute atomic E-state index is 11.5. The average molecular weight is 392 g/mol. The maximum Gasteiger partial charge on any atom is 0.337 e. The number of benzene rings is 2. The highest BCUT2D eigenvalue weighted by molar-refractivity contribution is 5.89. The predicted molar refractivity (Wildman–Crippen MR) is 107 cm³/mol. The lowest BCUT2D eigenvalue weighted by molar-refractivity contribution is 0.0252. The van der Waals surface area contributed by atoms with Gasteiger partial charge in [0, 0.05) is 13.1 Å². The topological polar surface area (TPSA) is 69.5 Å². The van der Waals surface area contributed by atoms with E-state index in [1.54, 1.807) is 16.8 Å². The Morgan fingerprint density at radius 3 is 2.52 bits per heavy atom. The highest BCUT2D eigenvalue weighted by Crippen LogP contribution is 2.27. The molecule has 4 rings (SSSR count). The van der Waals surface area contributed by atoms with Gasteiger partial charge < -0.3 is 9.47 Å². The average Bonchev–Trinajstić information content (AvgIpc) is 3.39. The molecule has 150 valence electrons. The number of aromatic nitrogens is 3. The van der Waals surface area contributed by atoms with E-state index in [4.69, 9.17) is 9.47 Å². The molecule has 0 N–H and O–H groups in total. The minimum Gasteiger partial charge on any atom is -0.465 e. The molecule has 1 saturated heterocycles. The van der Waals surface area contributed by atoms with Gasteiger partial charge in [0.1, 0.15) is 5.69 Å². The molecule has 0 amide bonds. The third-order valence-electron chi connectivity index (χ3n) is 5.02. The van der Waals surface area contributed by atoms with E-state index in [1.165, 1.54) is 18.2 Å². The number of carbonyl (C=O) groups is 1. The Labute approximate surface area is 169 Å². The van der Waals surface area contributed by atoms with E-state index in [0.29, 0.717) is 18.7 Å². The molecule has 1 atom stereocenters. The summed E-state index contributed by atoms with van der Waals surface area (Å²) in [6, 6.07) is 15.8. The molecule has 29 heavy (non-hydrogen) atoms. The van der Waals surface area contributed by atoms with Gasteiger partial charge in [-0.15, -0.1) is 5.10 Å². The second-order valence-corrected chi connectivity index (χ2v) is 7.21. The van der Waals surface area contributed by atoms with Crippen molar-refractivity contribution in [2.75, 3.05) is 20.3 Å². The van der Waals surface area contributed by atoms with E-state index in [2.05, 4.69) is 46.4 Å².